The predicted molar refractivity (Wildman–Crippen MR) is 93.8 cm³/mol. The molecule has 1 aromatic carbocycles. The average Bonchev–Trinajstić information content (AvgIpc) is 2.57. The lowest BCUT2D eigenvalue weighted by Crippen LogP contribution is -2.40. The van der Waals surface area contributed by atoms with E-state index >= 15 is 0 Å². The highest BCUT2D eigenvalue weighted by atomic mass is 16.4. The van der Waals surface area contributed by atoms with E-state index in [4.69, 9.17) is 0 Å². The van der Waals surface area contributed by atoms with Crippen LogP contribution in [0, 0.1) is 13.8 Å². The quantitative estimate of drug-likeness (QED) is 0.746. The van der Waals surface area contributed by atoms with E-state index in [0.717, 1.165) is 16.8 Å². The number of carbonyl (C=O) groups excluding carboxylic acids is 1. The van der Waals surface area contributed by atoms with Crippen LogP contribution in [0.1, 0.15) is 35.7 Å². The number of H-pyrrole nitrogens is 1. The first kappa shape index (κ1) is 18.4. The fraction of sp³-hybridized carbons (Fsp3) is 0.333. The third kappa shape index (κ3) is 4.12. The van der Waals surface area contributed by atoms with Gasteiger partial charge in [-0.2, -0.15) is 5.10 Å². The van der Waals surface area contributed by atoms with Gasteiger partial charge in [0.2, 0.25) is 6.41 Å². The fourth-order valence-corrected chi connectivity index (χ4v) is 2.74. The van der Waals surface area contributed by atoms with Crippen LogP contribution in [0.5, 0.6) is 0 Å². The van der Waals surface area contributed by atoms with Gasteiger partial charge in [-0.05, 0) is 49.6 Å². The molecule has 1 atom stereocenters. The van der Waals surface area contributed by atoms with Crippen LogP contribution >= 0.6 is 0 Å². The Morgan fingerprint density at radius 1 is 1.32 bits per heavy atom. The van der Waals surface area contributed by atoms with Crippen LogP contribution in [0.25, 0.3) is 0 Å². The first-order chi connectivity index (χ1) is 11.9. The molecule has 0 unspecified atom stereocenters. The molecule has 0 aliphatic rings. The number of aromatic nitrogens is 2. The molecule has 0 radical (unpaired) electrons. The maximum Gasteiger partial charge on any atom is 0.326 e. The summed E-state index contributed by atoms with van der Waals surface area (Å²) < 4.78 is 0. The maximum absolute atomic E-state index is 11.9. The Bertz CT molecular complexity index is 844. The van der Waals surface area contributed by atoms with Gasteiger partial charge < -0.3 is 10.0 Å². The summed E-state index contributed by atoms with van der Waals surface area (Å²) in [6.07, 6.45) is 1.27. The molecular formula is C18H21N3O4. The van der Waals surface area contributed by atoms with Gasteiger partial charge in [0.15, 0.2) is 0 Å². The lowest BCUT2D eigenvalue weighted by molar-refractivity contribution is -0.139. The molecule has 7 heteroatoms. The molecule has 1 heterocycles. The number of carboxylic acids is 1. The number of carbonyl (C=O) groups is 2. The Balaban J connectivity index is 2.34. The Morgan fingerprint density at radius 2 is 2.04 bits per heavy atom. The van der Waals surface area contributed by atoms with E-state index in [9.17, 15) is 19.5 Å². The summed E-state index contributed by atoms with van der Waals surface area (Å²) in [5.74, 6) is -1.05. The highest BCUT2D eigenvalue weighted by Crippen LogP contribution is 2.22. The molecular weight excluding hydrogens is 322 g/mol. The number of rotatable bonds is 7. The van der Waals surface area contributed by atoms with Crippen LogP contribution in [0.15, 0.2) is 29.1 Å². The van der Waals surface area contributed by atoms with Crippen molar-refractivity contribution in [2.24, 2.45) is 0 Å². The number of nitrogens with zero attached hydrogens (tertiary/aromatic N) is 2. The minimum atomic E-state index is -1.05. The molecule has 132 valence electrons. The number of aryl methyl sites for hydroxylation is 2. The van der Waals surface area contributed by atoms with Crippen LogP contribution in [0.3, 0.4) is 0 Å². The van der Waals surface area contributed by atoms with Crippen LogP contribution in [-0.2, 0) is 16.0 Å². The summed E-state index contributed by atoms with van der Waals surface area (Å²) in [6, 6.07) is 6.10. The third-order valence-electron chi connectivity index (χ3n) is 4.13. The van der Waals surface area contributed by atoms with Crippen molar-refractivity contribution in [3.8, 4) is 0 Å². The topological polar surface area (TPSA) is 103 Å². The number of carboxylic acid groups (broad SMARTS) is 1. The molecule has 0 saturated heterocycles. The number of aliphatic carboxylic acids is 1. The van der Waals surface area contributed by atoms with E-state index < -0.39 is 12.0 Å². The lowest BCUT2D eigenvalue weighted by atomic mass is 10.00. The second kappa shape index (κ2) is 7.74. The van der Waals surface area contributed by atoms with Gasteiger partial charge >= 0.3 is 5.97 Å². The summed E-state index contributed by atoms with van der Waals surface area (Å²) >= 11 is 0. The van der Waals surface area contributed by atoms with Crippen molar-refractivity contribution < 1.29 is 14.7 Å². The molecule has 1 amide bonds. The van der Waals surface area contributed by atoms with Gasteiger partial charge in [0, 0.05) is 17.7 Å². The van der Waals surface area contributed by atoms with Crippen molar-refractivity contribution in [1.82, 2.24) is 10.2 Å². The highest BCUT2D eigenvalue weighted by Gasteiger charge is 2.24. The molecule has 0 aliphatic carbocycles. The van der Waals surface area contributed by atoms with E-state index in [2.05, 4.69) is 10.2 Å². The monoisotopic (exact) mass is 343 g/mol. The zero-order valence-corrected chi connectivity index (χ0v) is 14.4. The summed E-state index contributed by atoms with van der Waals surface area (Å²) in [5.41, 5.74) is 3.41. The summed E-state index contributed by atoms with van der Waals surface area (Å²) in [7, 11) is 0. The summed E-state index contributed by atoms with van der Waals surface area (Å²) in [4.78, 5) is 35.8. The minimum absolute atomic E-state index is 0.236. The van der Waals surface area contributed by atoms with Crippen molar-refractivity contribution in [2.45, 2.75) is 39.7 Å². The maximum atomic E-state index is 11.9. The number of hydrogen-bond donors (Lipinski definition) is 2. The molecule has 0 saturated carbocycles. The van der Waals surface area contributed by atoms with E-state index in [1.807, 2.05) is 13.0 Å². The SMILES string of the molecule is CC[C@H](C(=O)O)N(C=O)c1ccc(Cc2cc(C)n[nH]c2=O)c(C)c1. The number of aromatic amines is 1. The van der Waals surface area contributed by atoms with Gasteiger partial charge in [-0.25, -0.2) is 9.89 Å². The van der Waals surface area contributed by atoms with Crippen LogP contribution in [-0.4, -0.2) is 33.7 Å². The molecule has 0 spiro atoms. The normalized spacial score (nSPS) is 11.8. The second-order valence-corrected chi connectivity index (χ2v) is 5.93. The molecule has 2 rings (SSSR count). The van der Waals surface area contributed by atoms with Crippen LogP contribution in [0.2, 0.25) is 0 Å². The number of amides is 1. The summed E-state index contributed by atoms with van der Waals surface area (Å²) in [5, 5.41) is 15.6. The minimum Gasteiger partial charge on any atom is -0.480 e. The van der Waals surface area contributed by atoms with Crippen molar-refractivity contribution in [3.63, 3.8) is 0 Å². The molecule has 2 N–H and O–H groups in total. The van der Waals surface area contributed by atoms with Gasteiger partial charge in [-0.15, -0.1) is 0 Å². The predicted octanol–water partition coefficient (Wildman–Crippen LogP) is 1.80. The molecule has 0 bridgehead atoms. The molecule has 1 aromatic heterocycles. The van der Waals surface area contributed by atoms with E-state index in [0.29, 0.717) is 30.5 Å². The molecule has 2 aromatic rings. The van der Waals surface area contributed by atoms with Crippen molar-refractivity contribution in [1.29, 1.82) is 0 Å². The van der Waals surface area contributed by atoms with E-state index in [1.165, 1.54) is 4.90 Å². The van der Waals surface area contributed by atoms with Crippen molar-refractivity contribution in [3.05, 3.63) is 57.0 Å². The largest absolute Gasteiger partial charge is 0.480 e. The Kier molecular flexibility index (Phi) is 5.69. The van der Waals surface area contributed by atoms with Crippen molar-refractivity contribution >= 4 is 18.1 Å². The number of nitrogens with one attached hydrogen (secondary N) is 1. The van der Waals surface area contributed by atoms with E-state index in [-0.39, 0.29) is 5.56 Å². The van der Waals surface area contributed by atoms with Gasteiger partial charge in [0.1, 0.15) is 6.04 Å². The summed E-state index contributed by atoms with van der Waals surface area (Å²) in [6.45, 7) is 5.38. The highest BCUT2D eigenvalue weighted by molar-refractivity contribution is 5.88. The van der Waals surface area contributed by atoms with Gasteiger partial charge in [0.25, 0.3) is 5.56 Å². The second-order valence-electron chi connectivity index (χ2n) is 5.93. The average molecular weight is 343 g/mol. The Labute approximate surface area is 145 Å². The Morgan fingerprint density at radius 3 is 2.60 bits per heavy atom. The molecule has 0 fully saturated rings. The van der Waals surface area contributed by atoms with Crippen LogP contribution in [0.4, 0.5) is 5.69 Å². The fourth-order valence-electron chi connectivity index (χ4n) is 2.74. The number of hydrogen-bond acceptors (Lipinski definition) is 4. The Hall–Kier alpha value is -2.96. The third-order valence-corrected chi connectivity index (χ3v) is 4.13. The van der Waals surface area contributed by atoms with Gasteiger partial charge in [0.05, 0.1) is 5.69 Å². The first-order valence-electron chi connectivity index (χ1n) is 7.98. The van der Waals surface area contributed by atoms with Gasteiger partial charge in [-0.3, -0.25) is 9.59 Å². The number of anilines is 1. The van der Waals surface area contributed by atoms with E-state index in [1.54, 1.807) is 32.0 Å². The van der Waals surface area contributed by atoms with Gasteiger partial charge in [-0.1, -0.05) is 13.0 Å². The zero-order chi connectivity index (χ0) is 18.6. The smallest absolute Gasteiger partial charge is 0.326 e. The van der Waals surface area contributed by atoms with Crippen molar-refractivity contribution in [2.75, 3.05) is 4.90 Å². The zero-order valence-electron chi connectivity index (χ0n) is 14.4. The molecule has 0 aliphatic heterocycles. The molecule has 7 nitrogen and oxygen atoms in total. The number of benzene rings is 1. The first-order valence-corrected chi connectivity index (χ1v) is 7.98. The van der Waals surface area contributed by atoms with Crippen LogP contribution < -0.4 is 10.5 Å². The lowest BCUT2D eigenvalue weighted by Gasteiger charge is -2.24. The molecule has 25 heavy (non-hydrogen) atoms. The standard InChI is InChI=1S/C18H21N3O4/c1-4-16(18(24)25)21(10-22)15-6-5-13(11(2)7-15)9-14-8-12(3)19-20-17(14)23/h5-8,10,16H,4,9H2,1-3H3,(H,20,23)(H,24,25)/t16-/m1/s1.